The van der Waals surface area contributed by atoms with Gasteiger partial charge in [0.1, 0.15) is 11.4 Å². The molecule has 0 aromatic carbocycles. The minimum atomic E-state index is -0.757. The van der Waals surface area contributed by atoms with Crippen molar-refractivity contribution >= 4 is 40.7 Å². The predicted octanol–water partition coefficient (Wildman–Crippen LogP) is 2.62. The van der Waals surface area contributed by atoms with Crippen molar-refractivity contribution in [3.8, 4) is 5.75 Å². The SMILES string of the molecule is Br.CC(/C=C/c1ncccc1OCCCCCC(=O)O)=N\NC1=NCCN1. The fourth-order valence-corrected chi connectivity index (χ4v) is 2.24. The van der Waals surface area contributed by atoms with E-state index in [1.54, 1.807) is 6.20 Å². The number of guanidine groups is 1. The maximum absolute atomic E-state index is 10.5. The number of ether oxygens (including phenoxy) is 1. The predicted molar refractivity (Wildman–Crippen MR) is 112 cm³/mol. The third-order valence-corrected chi connectivity index (χ3v) is 3.59. The summed E-state index contributed by atoms with van der Waals surface area (Å²) in [6.45, 7) is 4.01. The number of aliphatic imine (C=N–C) groups is 1. The summed E-state index contributed by atoms with van der Waals surface area (Å²) >= 11 is 0. The van der Waals surface area contributed by atoms with Crippen LogP contribution >= 0.6 is 17.0 Å². The van der Waals surface area contributed by atoms with Crippen LogP contribution in [0.4, 0.5) is 0 Å². The minimum Gasteiger partial charge on any atom is -0.491 e. The zero-order valence-corrected chi connectivity index (χ0v) is 17.1. The minimum absolute atomic E-state index is 0. The lowest BCUT2D eigenvalue weighted by atomic mass is 10.2. The number of hydrogen-bond acceptors (Lipinski definition) is 7. The summed E-state index contributed by atoms with van der Waals surface area (Å²) < 4.78 is 5.77. The topological polar surface area (TPSA) is 108 Å². The zero-order valence-electron chi connectivity index (χ0n) is 15.4. The molecular weight excluding hydrogens is 414 g/mol. The van der Waals surface area contributed by atoms with Crippen molar-refractivity contribution in [2.75, 3.05) is 19.7 Å². The Balaban J connectivity index is 0.00000364. The number of pyridine rings is 1. The van der Waals surface area contributed by atoms with Gasteiger partial charge in [0.05, 0.1) is 18.9 Å². The number of allylic oxidation sites excluding steroid dienone is 1. The summed E-state index contributed by atoms with van der Waals surface area (Å²) in [6, 6.07) is 3.69. The van der Waals surface area contributed by atoms with Crippen LogP contribution in [-0.4, -0.2) is 47.4 Å². The van der Waals surface area contributed by atoms with E-state index in [2.05, 4.69) is 25.8 Å². The maximum atomic E-state index is 10.5. The van der Waals surface area contributed by atoms with Gasteiger partial charge in [0.15, 0.2) is 0 Å². The van der Waals surface area contributed by atoms with E-state index in [0.29, 0.717) is 24.7 Å². The van der Waals surface area contributed by atoms with Crippen LogP contribution in [0.2, 0.25) is 0 Å². The average molecular weight is 440 g/mol. The smallest absolute Gasteiger partial charge is 0.303 e. The number of nitrogens with one attached hydrogen (secondary N) is 2. The first kappa shape index (κ1) is 22.6. The molecule has 0 spiro atoms. The monoisotopic (exact) mass is 439 g/mol. The highest BCUT2D eigenvalue weighted by Gasteiger charge is 2.03. The number of unbranched alkanes of at least 4 members (excludes halogenated alkanes) is 2. The van der Waals surface area contributed by atoms with Crippen LogP contribution in [0, 0.1) is 0 Å². The van der Waals surface area contributed by atoms with Gasteiger partial charge < -0.3 is 15.2 Å². The normalized spacial score (nSPS) is 13.7. The van der Waals surface area contributed by atoms with E-state index in [1.807, 2.05) is 31.2 Å². The molecule has 2 heterocycles. The Kier molecular flexibility index (Phi) is 10.8. The number of hydrogen-bond donors (Lipinski definition) is 3. The Bertz CT molecular complexity index is 691. The van der Waals surface area contributed by atoms with E-state index in [9.17, 15) is 4.79 Å². The van der Waals surface area contributed by atoms with Crippen molar-refractivity contribution in [2.45, 2.75) is 32.6 Å². The van der Waals surface area contributed by atoms with Crippen molar-refractivity contribution in [1.82, 2.24) is 15.7 Å². The Morgan fingerprint density at radius 3 is 3.04 bits per heavy atom. The van der Waals surface area contributed by atoms with E-state index >= 15 is 0 Å². The maximum Gasteiger partial charge on any atom is 0.303 e. The van der Waals surface area contributed by atoms with Crippen molar-refractivity contribution in [3.05, 3.63) is 30.1 Å². The van der Waals surface area contributed by atoms with E-state index in [0.717, 1.165) is 37.3 Å². The van der Waals surface area contributed by atoms with Crippen LogP contribution in [0.25, 0.3) is 6.08 Å². The molecular formula is C18H26BrN5O3. The van der Waals surface area contributed by atoms with Gasteiger partial charge in [-0.15, -0.1) is 17.0 Å². The summed E-state index contributed by atoms with van der Waals surface area (Å²) in [5.74, 6) is 0.625. The number of aliphatic carboxylic acids is 1. The molecule has 1 aliphatic rings. The molecule has 0 radical (unpaired) electrons. The molecule has 0 bridgehead atoms. The molecule has 8 nitrogen and oxygen atoms in total. The van der Waals surface area contributed by atoms with Gasteiger partial charge in [0, 0.05) is 19.2 Å². The number of nitrogens with zero attached hydrogens (tertiary/aromatic N) is 3. The van der Waals surface area contributed by atoms with Crippen LogP contribution in [0.1, 0.15) is 38.3 Å². The van der Waals surface area contributed by atoms with Crippen LogP contribution < -0.4 is 15.5 Å². The number of rotatable bonds is 10. The van der Waals surface area contributed by atoms with Crippen molar-refractivity contribution in [1.29, 1.82) is 0 Å². The van der Waals surface area contributed by atoms with Crippen molar-refractivity contribution in [3.63, 3.8) is 0 Å². The second-order valence-corrected chi connectivity index (χ2v) is 5.80. The molecule has 0 aliphatic carbocycles. The molecule has 3 N–H and O–H groups in total. The fraction of sp³-hybridized carbons (Fsp3) is 0.444. The Hall–Kier alpha value is -2.42. The lowest BCUT2D eigenvalue weighted by molar-refractivity contribution is -0.137. The van der Waals surface area contributed by atoms with Gasteiger partial charge in [-0.3, -0.25) is 9.78 Å². The van der Waals surface area contributed by atoms with Gasteiger partial charge in [-0.2, -0.15) is 5.10 Å². The summed E-state index contributed by atoms with van der Waals surface area (Å²) in [4.78, 5) is 19.0. The number of carboxylic acids is 1. The van der Waals surface area contributed by atoms with Crippen molar-refractivity contribution < 1.29 is 14.6 Å². The highest BCUT2D eigenvalue weighted by Crippen LogP contribution is 2.17. The standard InChI is InChI=1S/C18H25N5O3.BrH/c1-14(22-23-18-20-11-12-21-18)8-9-15-16(6-5-10-19-15)26-13-4-2-3-7-17(24)25;/h5-6,8-10H,2-4,7,11-13H2,1H3,(H,24,25)(H2,20,21,23);1H/b9-8+,22-14+;. The number of hydrazone groups is 1. The molecule has 2 rings (SSSR count). The molecule has 27 heavy (non-hydrogen) atoms. The zero-order chi connectivity index (χ0) is 18.6. The van der Waals surface area contributed by atoms with E-state index in [4.69, 9.17) is 9.84 Å². The number of halogens is 1. The van der Waals surface area contributed by atoms with E-state index < -0.39 is 5.97 Å². The summed E-state index contributed by atoms with van der Waals surface area (Å²) in [7, 11) is 0. The molecule has 148 valence electrons. The Morgan fingerprint density at radius 1 is 1.44 bits per heavy atom. The van der Waals surface area contributed by atoms with E-state index in [-0.39, 0.29) is 23.4 Å². The van der Waals surface area contributed by atoms with Gasteiger partial charge in [-0.25, -0.2) is 10.4 Å². The molecule has 0 saturated heterocycles. The first-order valence-electron chi connectivity index (χ1n) is 8.71. The molecule has 1 aromatic rings. The van der Waals surface area contributed by atoms with Crippen LogP contribution in [-0.2, 0) is 4.79 Å². The highest BCUT2D eigenvalue weighted by molar-refractivity contribution is 8.93. The molecule has 1 aliphatic heterocycles. The van der Waals surface area contributed by atoms with Gasteiger partial charge >= 0.3 is 5.97 Å². The number of aromatic nitrogens is 1. The van der Waals surface area contributed by atoms with Gasteiger partial charge in [0.2, 0.25) is 5.96 Å². The Morgan fingerprint density at radius 2 is 2.30 bits per heavy atom. The van der Waals surface area contributed by atoms with Crippen molar-refractivity contribution in [2.24, 2.45) is 10.1 Å². The lowest BCUT2D eigenvalue weighted by Gasteiger charge is -2.08. The Labute approximate surface area is 169 Å². The van der Waals surface area contributed by atoms with Gasteiger partial charge in [-0.1, -0.05) is 0 Å². The number of carbonyl (C=O) groups is 1. The van der Waals surface area contributed by atoms with Crippen LogP contribution in [0.3, 0.4) is 0 Å². The third-order valence-electron chi connectivity index (χ3n) is 3.59. The first-order chi connectivity index (χ1) is 12.6. The largest absolute Gasteiger partial charge is 0.491 e. The van der Waals surface area contributed by atoms with E-state index in [1.165, 1.54) is 0 Å². The quantitative estimate of drug-likeness (QED) is 0.293. The second-order valence-electron chi connectivity index (χ2n) is 5.80. The molecule has 9 heteroatoms. The summed E-state index contributed by atoms with van der Waals surface area (Å²) in [6.07, 6.45) is 7.92. The molecule has 0 atom stereocenters. The molecule has 1 aromatic heterocycles. The summed E-state index contributed by atoms with van der Waals surface area (Å²) in [5.41, 5.74) is 4.39. The van der Waals surface area contributed by atoms with Crippen LogP contribution in [0.5, 0.6) is 5.75 Å². The van der Waals surface area contributed by atoms with Gasteiger partial charge in [0.25, 0.3) is 0 Å². The average Bonchev–Trinajstić information content (AvgIpc) is 3.15. The fourth-order valence-electron chi connectivity index (χ4n) is 2.24. The molecule has 0 amide bonds. The van der Waals surface area contributed by atoms with Gasteiger partial charge in [-0.05, 0) is 50.5 Å². The molecule has 0 saturated carbocycles. The molecule has 0 unspecified atom stereocenters. The first-order valence-corrected chi connectivity index (χ1v) is 8.71. The third kappa shape index (κ3) is 9.18. The lowest BCUT2D eigenvalue weighted by Crippen LogP contribution is -2.30. The summed E-state index contributed by atoms with van der Waals surface area (Å²) in [5, 5.41) is 15.9. The molecule has 0 fully saturated rings. The number of carboxylic acid groups (broad SMARTS) is 1. The highest BCUT2D eigenvalue weighted by atomic mass is 79.9. The van der Waals surface area contributed by atoms with Crippen LogP contribution in [0.15, 0.2) is 34.5 Å². The second kappa shape index (κ2) is 12.9.